The molecule has 0 spiro atoms. The normalized spacial score (nSPS) is 28.1. The molecule has 0 aromatic carbocycles. The van der Waals surface area contributed by atoms with Gasteiger partial charge in [-0.1, -0.05) is 0 Å². The molecule has 1 saturated carbocycles. The summed E-state index contributed by atoms with van der Waals surface area (Å²) in [5.41, 5.74) is 7.22. The lowest BCUT2D eigenvalue weighted by molar-refractivity contribution is 0.256. The van der Waals surface area contributed by atoms with Crippen molar-refractivity contribution in [3.63, 3.8) is 0 Å². The minimum Gasteiger partial charge on any atom is -0.327 e. The van der Waals surface area contributed by atoms with Gasteiger partial charge in [0.1, 0.15) is 0 Å². The molecule has 1 aliphatic carbocycles. The first kappa shape index (κ1) is 7.74. The number of rotatable bonds is 2. The third-order valence-corrected chi connectivity index (χ3v) is 2.72. The molecule has 2 unspecified atom stereocenters. The summed E-state index contributed by atoms with van der Waals surface area (Å²) >= 11 is 0. The average Bonchev–Trinajstić information content (AvgIpc) is 2.14. The maximum Gasteiger partial charge on any atom is 0.0270 e. The Morgan fingerprint density at radius 2 is 2.08 bits per heavy atom. The summed E-state index contributed by atoms with van der Waals surface area (Å²) in [5, 5.41) is 0. The quantitative estimate of drug-likeness (QED) is 0.713. The van der Waals surface area contributed by atoms with Gasteiger partial charge >= 0.3 is 0 Å². The molecule has 1 heterocycles. The van der Waals surface area contributed by atoms with Crippen molar-refractivity contribution in [3.8, 4) is 0 Å². The average molecular weight is 162 g/mol. The molecule has 2 N–H and O–H groups in total. The maximum absolute atomic E-state index is 5.85. The zero-order valence-electron chi connectivity index (χ0n) is 7.11. The highest BCUT2D eigenvalue weighted by Gasteiger charge is 2.26. The Morgan fingerprint density at radius 3 is 2.58 bits per heavy atom. The number of nitrogens with two attached hydrogens (primary N) is 1. The summed E-state index contributed by atoms with van der Waals surface area (Å²) in [4.78, 5) is 3.98. The van der Waals surface area contributed by atoms with Crippen molar-refractivity contribution < 1.29 is 0 Å². The van der Waals surface area contributed by atoms with E-state index in [0.29, 0.717) is 12.0 Å². The Kier molecular flexibility index (Phi) is 2.09. The molecule has 0 radical (unpaired) electrons. The highest BCUT2D eigenvalue weighted by Crippen LogP contribution is 2.28. The van der Waals surface area contributed by atoms with E-state index in [0.717, 1.165) is 6.42 Å². The van der Waals surface area contributed by atoms with E-state index in [-0.39, 0.29) is 0 Å². The Bertz CT molecular complexity index is 245. The molecule has 2 heteroatoms. The molecular weight excluding hydrogens is 148 g/mol. The molecule has 12 heavy (non-hydrogen) atoms. The fraction of sp³-hybridized carbons (Fsp3) is 0.500. The molecule has 2 rings (SSSR count). The van der Waals surface area contributed by atoms with Crippen LogP contribution in [0.4, 0.5) is 0 Å². The second kappa shape index (κ2) is 3.23. The van der Waals surface area contributed by atoms with Gasteiger partial charge in [0.15, 0.2) is 0 Å². The van der Waals surface area contributed by atoms with E-state index in [1.807, 2.05) is 12.4 Å². The molecule has 2 nitrogen and oxygen atoms in total. The van der Waals surface area contributed by atoms with E-state index in [9.17, 15) is 0 Å². The summed E-state index contributed by atoms with van der Waals surface area (Å²) in [6, 6.07) is 4.59. The van der Waals surface area contributed by atoms with E-state index in [2.05, 4.69) is 17.1 Å². The summed E-state index contributed by atoms with van der Waals surface area (Å²) in [7, 11) is 0. The van der Waals surface area contributed by atoms with Crippen LogP contribution in [0.2, 0.25) is 0 Å². The topological polar surface area (TPSA) is 38.9 Å². The molecule has 0 bridgehead atoms. The third kappa shape index (κ3) is 1.48. The SMILES string of the molecule is NC1CCC1Cc1ccncc1. The van der Waals surface area contributed by atoms with Gasteiger partial charge in [-0.05, 0) is 42.9 Å². The summed E-state index contributed by atoms with van der Waals surface area (Å²) in [5.74, 6) is 0.715. The number of hydrogen-bond donors (Lipinski definition) is 1. The van der Waals surface area contributed by atoms with Crippen LogP contribution in [0.3, 0.4) is 0 Å². The van der Waals surface area contributed by atoms with Crippen molar-refractivity contribution in [1.29, 1.82) is 0 Å². The van der Waals surface area contributed by atoms with Crippen LogP contribution in [0.25, 0.3) is 0 Å². The molecule has 0 amide bonds. The summed E-state index contributed by atoms with van der Waals surface area (Å²) in [6.07, 6.45) is 7.32. The maximum atomic E-state index is 5.85. The first-order valence-electron chi connectivity index (χ1n) is 4.51. The van der Waals surface area contributed by atoms with Crippen molar-refractivity contribution in [2.24, 2.45) is 11.7 Å². The smallest absolute Gasteiger partial charge is 0.0270 e. The molecule has 1 aromatic heterocycles. The van der Waals surface area contributed by atoms with Gasteiger partial charge in [-0.3, -0.25) is 4.98 Å². The number of hydrogen-bond acceptors (Lipinski definition) is 2. The van der Waals surface area contributed by atoms with Crippen LogP contribution in [-0.4, -0.2) is 11.0 Å². The van der Waals surface area contributed by atoms with Crippen LogP contribution in [-0.2, 0) is 6.42 Å². The molecule has 1 aliphatic rings. The lowest BCUT2D eigenvalue weighted by Gasteiger charge is -2.33. The molecule has 0 aliphatic heterocycles. The standard InChI is InChI=1S/C10H14N2/c11-10-2-1-9(10)7-8-3-5-12-6-4-8/h3-6,9-10H,1-2,7,11H2. The second-order valence-corrected chi connectivity index (χ2v) is 3.56. The lowest BCUT2D eigenvalue weighted by atomic mass is 9.77. The van der Waals surface area contributed by atoms with Crippen LogP contribution in [0.1, 0.15) is 18.4 Å². The van der Waals surface area contributed by atoms with E-state index in [4.69, 9.17) is 5.73 Å². The fourth-order valence-electron chi connectivity index (χ4n) is 1.67. The van der Waals surface area contributed by atoms with Crippen molar-refractivity contribution in [1.82, 2.24) is 4.98 Å². The molecule has 0 saturated heterocycles. The number of nitrogens with zero attached hydrogens (tertiary/aromatic N) is 1. The van der Waals surface area contributed by atoms with Crippen LogP contribution < -0.4 is 5.73 Å². The van der Waals surface area contributed by atoms with Crippen molar-refractivity contribution in [3.05, 3.63) is 30.1 Å². The van der Waals surface area contributed by atoms with Gasteiger partial charge in [-0.2, -0.15) is 0 Å². The lowest BCUT2D eigenvalue weighted by Crippen LogP contribution is -2.40. The highest BCUT2D eigenvalue weighted by atomic mass is 14.7. The Balaban J connectivity index is 1.95. The van der Waals surface area contributed by atoms with E-state index >= 15 is 0 Å². The van der Waals surface area contributed by atoms with Crippen molar-refractivity contribution >= 4 is 0 Å². The van der Waals surface area contributed by atoms with Gasteiger partial charge in [0, 0.05) is 18.4 Å². The number of pyridine rings is 1. The molecule has 1 aromatic rings. The first-order chi connectivity index (χ1) is 5.86. The van der Waals surface area contributed by atoms with Gasteiger partial charge in [0.05, 0.1) is 0 Å². The highest BCUT2D eigenvalue weighted by molar-refractivity contribution is 5.12. The molecule has 64 valence electrons. The zero-order chi connectivity index (χ0) is 8.39. The summed E-state index contributed by atoms with van der Waals surface area (Å²) in [6.45, 7) is 0. The predicted octanol–water partition coefficient (Wildman–Crippen LogP) is 1.36. The molecular formula is C10H14N2. The zero-order valence-corrected chi connectivity index (χ0v) is 7.11. The third-order valence-electron chi connectivity index (χ3n) is 2.72. The second-order valence-electron chi connectivity index (χ2n) is 3.56. The van der Waals surface area contributed by atoms with Crippen LogP contribution >= 0.6 is 0 Å². The van der Waals surface area contributed by atoms with Crippen molar-refractivity contribution in [2.45, 2.75) is 25.3 Å². The van der Waals surface area contributed by atoms with Gasteiger partial charge in [-0.25, -0.2) is 0 Å². The van der Waals surface area contributed by atoms with Crippen LogP contribution in [0.15, 0.2) is 24.5 Å². The Labute approximate surface area is 72.8 Å². The van der Waals surface area contributed by atoms with Gasteiger partial charge in [0.25, 0.3) is 0 Å². The van der Waals surface area contributed by atoms with Crippen LogP contribution in [0.5, 0.6) is 0 Å². The molecule has 1 fully saturated rings. The Hall–Kier alpha value is -0.890. The predicted molar refractivity (Wildman–Crippen MR) is 48.6 cm³/mol. The molecule has 2 atom stereocenters. The fourth-order valence-corrected chi connectivity index (χ4v) is 1.67. The van der Waals surface area contributed by atoms with Crippen LogP contribution in [0, 0.1) is 5.92 Å². The largest absolute Gasteiger partial charge is 0.327 e. The minimum absolute atomic E-state index is 0.443. The first-order valence-corrected chi connectivity index (χ1v) is 4.51. The van der Waals surface area contributed by atoms with E-state index < -0.39 is 0 Å². The van der Waals surface area contributed by atoms with E-state index in [1.165, 1.54) is 18.4 Å². The van der Waals surface area contributed by atoms with Crippen molar-refractivity contribution in [2.75, 3.05) is 0 Å². The Morgan fingerprint density at radius 1 is 1.33 bits per heavy atom. The van der Waals surface area contributed by atoms with Gasteiger partial charge < -0.3 is 5.73 Å². The minimum atomic E-state index is 0.443. The number of aromatic nitrogens is 1. The summed E-state index contributed by atoms with van der Waals surface area (Å²) < 4.78 is 0. The van der Waals surface area contributed by atoms with E-state index in [1.54, 1.807) is 0 Å². The van der Waals surface area contributed by atoms with Gasteiger partial charge in [0.2, 0.25) is 0 Å². The van der Waals surface area contributed by atoms with Gasteiger partial charge in [-0.15, -0.1) is 0 Å². The monoisotopic (exact) mass is 162 g/mol.